The summed E-state index contributed by atoms with van der Waals surface area (Å²) in [5.74, 6) is 0.592. The van der Waals surface area contributed by atoms with Gasteiger partial charge in [-0.1, -0.05) is 6.07 Å². The number of hydrogen-bond acceptors (Lipinski definition) is 4. The first-order chi connectivity index (χ1) is 9.25. The Kier molecular flexibility index (Phi) is 2.95. The number of carboxylic acid groups (broad SMARTS) is 1. The third-order valence-electron chi connectivity index (χ3n) is 3.37. The Morgan fingerprint density at radius 1 is 1.37 bits per heavy atom. The van der Waals surface area contributed by atoms with Crippen molar-refractivity contribution in [2.75, 3.05) is 11.4 Å². The SMILES string of the molecule is O=C(O)c1cccc(N2CCCC2c2ccco2)n1. The lowest BCUT2D eigenvalue weighted by atomic mass is 10.1. The predicted molar refractivity (Wildman–Crippen MR) is 69.2 cm³/mol. The molecule has 1 aliphatic heterocycles. The third-order valence-corrected chi connectivity index (χ3v) is 3.37. The number of nitrogens with zero attached hydrogens (tertiary/aromatic N) is 2. The van der Waals surface area contributed by atoms with Crippen LogP contribution in [0.1, 0.15) is 35.1 Å². The summed E-state index contributed by atoms with van der Waals surface area (Å²) in [7, 11) is 0. The van der Waals surface area contributed by atoms with Crippen LogP contribution in [-0.2, 0) is 0 Å². The van der Waals surface area contributed by atoms with Crippen LogP contribution in [0.25, 0.3) is 0 Å². The maximum Gasteiger partial charge on any atom is 0.354 e. The summed E-state index contributed by atoms with van der Waals surface area (Å²) >= 11 is 0. The van der Waals surface area contributed by atoms with Gasteiger partial charge >= 0.3 is 5.97 Å². The Morgan fingerprint density at radius 2 is 2.26 bits per heavy atom. The zero-order valence-electron chi connectivity index (χ0n) is 10.3. The molecule has 5 heteroatoms. The fraction of sp³-hybridized carbons (Fsp3) is 0.286. The molecule has 19 heavy (non-hydrogen) atoms. The van der Waals surface area contributed by atoms with Gasteiger partial charge in [-0.15, -0.1) is 0 Å². The van der Waals surface area contributed by atoms with Crippen molar-refractivity contribution in [3.8, 4) is 0 Å². The van der Waals surface area contributed by atoms with Crippen LogP contribution in [0.15, 0.2) is 41.0 Å². The Bertz CT molecular complexity index is 580. The van der Waals surface area contributed by atoms with Crippen molar-refractivity contribution >= 4 is 11.8 Å². The largest absolute Gasteiger partial charge is 0.477 e. The van der Waals surface area contributed by atoms with Gasteiger partial charge < -0.3 is 14.4 Å². The van der Waals surface area contributed by atoms with E-state index in [1.807, 2.05) is 18.2 Å². The molecule has 0 spiro atoms. The van der Waals surface area contributed by atoms with Crippen LogP contribution < -0.4 is 4.90 Å². The van der Waals surface area contributed by atoms with Gasteiger partial charge in [-0.2, -0.15) is 0 Å². The number of aromatic carboxylic acids is 1. The number of furan rings is 1. The maximum atomic E-state index is 11.0. The number of pyridine rings is 1. The van der Waals surface area contributed by atoms with Crippen molar-refractivity contribution < 1.29 is 14.3 Å². The van der Waals surface area contributed by atoms with Crippen LogP contribution in [0, 0.1) is 0 Å². The summed E-state index contributed by atoms with van der Waals surface area (Å²) in [5.41, 5.74) is 0.0718. The maximum absolute atomic E-state index is 11.0. The monoisotopic (exact) mass is 258 g/mol. The van der Waals surface area contributed by atoms with Gasteiger partial charge in [-0.25, -0.2) is 9.78 Å². The van der Waals surface area contributed by atoms with Crippen molar-refractivity contribution in [1.29, 1.82) is 0 Å². The van der Waals surface area contributed by atoms with E-state index in [1.54, 1.807) is 12.3 Å². The van der Waals surface area contributed by atoms with Crippen LogP contribution >= 0.6 is 0 Å². The van der Waals surface area contributed by atoms with Gasteiger partial charge in [0.1, 0.15) is 11.6 Å². The van der Waals surface area contributed by atoms with E-state index in [9.17, 15) is 4.79 Å². The molecule has 3 rings (SSSR count). The Morgan fingerprint density at radius 3 is 3.00 bits per heavy atom. The molecule has 1 saturated heterocycles. The standard InChI is InChI=1S/C14H14N2O3/c17-14(18)10-4-1-7-13(15-10)16-8-2-5-11(16)12-6-3-9-19-12/h1,3-4,6-7,9,11H,2,5,8H2,(H,17,18). The first-order valence-electron chi connectivity index (χ1n) is 6.26. The summed E-state index contributed by atoms with van der Waals surface area (Å²) < 4.78 is 5.46. The molecule has 1 N–H and O–H groups in total. The van der Waals surface area contributed by atoms with Gasteiger partial charge in [0.25, 0.3) is 0 Å². The number of hydrogen-bond donors (Lipinski definition) is 1. The summed E-state index contributed by atoms with van der Waals surface area (Å²) in [4.78, 5) is 17.3. The molecule has 0 aliphatic carbocycles. The second-order valence-corrected chi connectivity index (χ2v) is 4.55. The van der Waals surface area contributed by atoms with Gasteiger partial charge in [0, 0.05) is 6.54 Å². The quantitative estimate of drug-likeness (QED) is 0.916. The Hall–Kier alpha value is -2.30. The van der Waals surface area contributed by atoms with Gasteiger partial charge in [0.2, 0.25) is 0 Å². The highest BCUT2D eigenvalue weighted by Crippen LogP contribution is 2.35. The van der Waals surface area contributed by atoms with E-state index in [4.69, 9.17) is 9.52 Å². The minimum Gasteiger partial charge on any atom is -0.477 e. The lowest BCUT2D eigenvalue weighted by Crippen LogP contribution is -2.23. The van der Waals surface area contributed by atoms with Gasteiger partial charge in [-0.05, 0) is 37.1 Å². The molecular weight excluding hydrogens is 244 g/mol. The molecule has 2 aromatic heterocycles. The lowest BCUT2D eigenvalue weighted by Gasteiger charge is -2.24. The molecule has 1 aliphatic rings. The number of rotatable bonds is 3. The topological polar surface area (TPSA) is 66.6 Å². The molecule has 1 unspecified atom stereocenters. The molecule has 3 heterocycles. The normalized spacial score (nSPS) is 18.7. The second-order valence-electron chi connectivity index (χ2n) is 4.55. The minimum absolute atomic E-state index is 0.0718. The van der Waals surface area contributed by atoms with Gasteiger partial charge in [0.05, 0.1) is 12.3 Å². The smallest absolute Gasteiger partial charge is 0.354 e. The highest BCUT2D eigenvalue weighted by Gasteiger charge is 2.29. The summed E-state index contributed by atoms with van der Waals surface area (Å²) in [6.07, 6.45) is 3.70. The van der Waals surface area contributed by atoms with Crippen molar-refractivity contribution in [1.82, 2.24) is 4.98 Å². The van der Waals surface area contributed by atoms with Crippen LogP contribution in [0.5, 0.6) is 0 Å². The summed E-state index contributed by atoms with van der Waals surface area (Å²) in [6, 6.07) is 9.03. The molecule has 5 nitrogen and oxygen atoms in total. The highest BCUT2D eigenvalue weighted by atomic mass is 16.4. The fourth-order valence-corrected chi connectivity index (χ4v) is 2.52. The van der Waals surface area contributed by atoms with E-state index in [1.165, 1.54) is 6.07 Å². The van der Waals surface area contributed by atoms with E-state index in [0.29, 0.717) is 5.82 Å². The van der Waals surface area contributed by atoms with Crippen LogP contribution in [0.4, 0.5) is 5.82 Å². The van der Waals surface area contributed by atoms with Crippen molar-refractivity contribution in [2.45, 2.75) is 18.9 Å². The average Bonchev–Trinajstić information content (AvgIpc) is 3.09. The second kappa shape index (κ2) is 4.76. The number of aromatic nitrogens is 1. The third kappa shape index (κ3) is 2.19. The molecule has 1 fully saturated rings. The van der Waals surface area contributed by atoms with Crippen molar-refractivity contribution in [3.63, 3.8) is 0 Å². The van der Waals surface area contributed by atoms with E-state index >= 15 is 0 Å². The number of carbonyl (C=O) groups is 1. The average molecular weight is 258 g/mol. The minimum atomic E-state index is -1.00. The first-order valence-corrected chi connectivity index (χ1v) is 6.26. The molecular formula is C14H14N2O3. The zero-order valence-corrected chi connectivity index (χ0v) is 10.3. The number of carboxylic acids is 1. The van der Waals surface area contributed by atoms with Crippen LogP contribution in [0.3, 0.4) is 0 Å². The molecule has 0 saturated carbocycles. The van der Waals surface area contributed by atoms with Crippen LogP contribution in [0.2, 0.25) is 0 Å². The molecule has 0 bridgehead atoms. The zero-order chi connectivity index (χ0) is 13.2. The predicted octanol–water partition coefficient (Wildman–Crippen LogP) is 2.71. The van der Waals surface area contributed by atoms with Crippen molar-refractivity contribution in [2.24, 2.45) is 0 Å². The highest BCUT2D eigenvalue weighted by molar-refractivity contribution is 5.85. The lowest BCUT2D eigenvalue weighted by molar-refractivity contribution is 0.0690. The van der Waals surface area contributed by atoms with E-state index in [2.05, 4.69) is 9.88 Å². The fourth-order valence-electron chi connectivity index (χ4n) is 2.52. The molecule has 0 radical (unpaired) electrons. The number of anilines is 1. The molecule has 98 valence electrons. The van der Waals surface area contributed by atoms with Crippen LogP contribution in [-0.4, -0.2) is 22.6 Å². The Labute approximate surface area is 110 Å². The summed E-state index contributed by atoms with van der Waals surface area (Å²) in [6.45, 7) is 0.863. The molecule has 0 amide bonds. The van der Waals surface area contributed by atoms with E-state index in [-0.39, 0.29) is 11.7 Å². The molecule has 2 aromatic rings. The van der Waals surface area contributed by atoms with Crippen molar-refractivity contribution in [3.05, 3.63) is 48.0 Å². The van der Waals surface area contributed by atoms with Gasteiger partial charge in [0.15, 0.2) is 5.69 Å². The molecule has 0 aromatic carbocycles. The summed E-state index contributed by atoms with van der Waals surface area (Å²) in [5, 5.41) is 9.00. The van der Waals surface area contributed by atoms with E-state index < -0.39 is 5.97 Å². The molecule has 1 atom stereocenters. The van der Waals surface area contributed by atoms with Gasteiger partial charge in [-0.3, -0.25) is 0 Å². The first kappa shape index (κ1) is 11.8. The Balaban J connectivity index is 1.92. The van der Waals surface area contributed by atoms with E-state index in [0.717, 1.165) is 25.1 Å².